The summed E-state index contributed by atoms with van der Waals surface area (Å²) in [5, 5.41) is 8.24. The van der Waals surface area contributed by atoms with E-state index in [9.17, 15) is 9.18 Å². The second-order valence-electron chi connectivity index (χ2n) is 7.72. The van der Waals surface area contributed by atoms with Gasteiger partial charge in [-0.1, -0.05) is 23.5 Å². The Morgan fingerprint density at radius 3 is 2.78 bits per heavy atom. The Balaban J connectivity index is 1.29. The fourth-order valence-electron chi connectivity index (χ4n) is 3.88. The summed E-state index contributed by atoms with van der Waals surface area (Å²) in [6.45, 7) is 1.37. The van der Waals surface area contributed by atoms with Gasteiger partial charge in [-0.2, -0.15) is 0 Å². The molecule has 3 heterocycles. The second-order valence-corrected chi connectivity index (χ2v) is 8.66. The van der Waals surface area contributed by atoms with E-state index < -0.39 is 5.82 Å². The lowest BCUT2D eigenvalue weighted by molar-refractivity contribution is -0.120. The minimum Gasteiger partial charge on any atom is -0.497 e. The summed E-state index contributed by atoms with van der Waals surface area (Å²) >= 11 is 1.50. The number of carbonyl (C=O) groups excluding carboxylic acids is 1. The van der Waals surface area contributed by atoms with Gasteiger partial charge in [-0.15, -0.1) is 5.10 Å². The Bertz CT molecular complexity index is 1220. The van der Waals surface area contributed by atoms with Crippen LogP contribution in [0.25, 0.3) is 16.2 Å². The SMILES string of the molecule is COc1ccc(-c2cn3nc(N4CCC[C@@H](C(=O)Nc5ccccc5F)C4)sc3n2)cc1. The maximum Gasteiger partial charge on any atom is 0.229 e. The second kappa shape index (κ2) is 8.58. The maximum absolute atomic E-state index is 13.9. The number of para-hydroxylation sites is 1. The molecule has 2 aromatic carbocycles. The Labute approximate surface area is 188 Å². The smallest absolute Gasteiger partial charge is 0.229 e. The number of hydrogen-bond acceptors (Lipinski definition) is 6. The number of rotatable bonds is 5. The van der Waals surface area contributed by atoms with Gasteiger partial charge in [0.15, 0.2) is 0 Å². The third kappa shape index (κ3) is 4.03. The summed E-state index contributed by atoms with van der Waals surface area (Å²) in [6, 6.07) is 14.0. The predicted molar refractivity (Wildman–Crippen MR) is 123 cm³/mol. The van der Waals surface area contributed by atoms with E-state index in [2.05, 4.69) is 10.2 Å². The van der Waals surface area contributed by atoms with Crippen molar-refractivity contribution < 1.29 is 13.9 Å². The number of methoxy groups -OCH3 is 1. The zero-order chi connectivity index (χ0) is 22.1. The molecule has 0 spiro atoms. The molecule has 4 aromatic rings. The molecule has 2 aromatic heterocycles. The third-order valence-electron chi connectivity index (χ3n) is 5.61. The molecule has 1 aliphatic heterocycles. The van der Waals surface area contributed by atoms with Crippen molar-refractivity contribution in [3.8, 4) is 17.0 Å². The van der Waals surface area contributed by atoms with Gasteiger partial charge in [0.05, 0.1) is 30.6 Å². The van der Waals surface area contributed by atoms with Crippen LogP contribution in [-0.4, -0.2) is 40.7 Å². The molecule has 1 saturated heterocycles. The van der Waals surface area contributed by atoms with Crippen molar-refractivity contribution in [2.75, 3.05) is 30.4 Å². The lowest BCUT2D eigenvalue weighted by Gasteiger charge is -2.31. The van der Waals surface area contributed by atoms with Gasteiger partial charge in [-0.25, -0.2) is 13.9 Å². The molecular weight excluding hydrogens is 429 g/mol. The van der Waals surface area contributed by atoms with Gasteiger partial charge in [0.25, 0.3) is 0 Å². The first-order valence-electron chi connectivity index (χ1n) is 10.4. The summed E-state index contributed by atoms with van der Waals surface area (Å²) in [7, 11) is 1.64. The molecule has 1 N–H and O–H groups in total. The van der Waals surface area contributed by atoms with Crippen LogP contribution in [0.5, 0.6) is 5.75 Å². The monoisotopic (exact) mass is 451 g/mol. The largest absolute Gasteiger partial charge is 0.497 e. The first kappa shape index (κ1) is 20.4. The van der Waals surface area contributed by atoms with Crippen LogP contribution in [0.2, 0.25) is 0 Å². The van der Waals surface area contributed by atoms with E-state index in [1.807, 2.05) is 30.5 Å². The summed E-state index contributed by atoms with van der Waals surface area (Å²) < 4.78 is 20.9. The average molecular weight is 452 g/mol. The van der Waals surface area contributed by atoms with Gasteiger partial charge in [-0.3, -0.25) is 4.79 Å². The van der Waals surface area contributed by atoms with E-state index in [4.69, 9.17) is 14.8 Å². The number of imidazole rings is 1. The van der Waals surface area contributed by atoms with Crippen LogP contribution in [0.1, 0.15) is 12.8 Å². The summed E-state index contributed by atoms with van der Waals surface area (Å²) in [5.74, 6) is -0.0198. The van der Waals surface area contributed by atoms with Crippen molar-refractivity contribution in [2.45, 2.75) is 12.8 Å². The molecule has 0 unspecified atom stereocenters. The zero-order valence-electron chi connectivity index (χ0n) is 17.5. The summed E-state index contributed by atoms with van der Waals surface area (Å²) in [4.78, 5) is 20.3. The van der Waals surface area contributed by atoms with Gasteiger partial charge in [0.1, 0.15) is 11.6 Å². The molecule has 1 fully saturated rings. The zero-order valence-corrected chi connectivity index (χ0v) is 18.3. The fourth-order valence-corrected chi connectivity index (χ4v) is 4.80. The minimum absolute atomic E-state index is 0.164. The minimum atomic E-state index is -0.428. The van der Waals surface area contributed by atoms with Crippen LogP contribution >= 0.6 is 11.3 Å². The molecule has 9 heteroatoms. The van der Waals surface area contributed by atoms with Gasteiger partial charge in [0, 0.05) is 18.7 Å². The maximum atomic E-state index is 13.9. The molecule has 1 atom stereocenters. The Hall–Kier alpha value is -3.46. The molecule has 0 bridgehead atoms. The van der Waals surface area contributed by atoms with Crippen molar-refractivity contribution >= 4 is 33.0 Å². The van der Waals surface area contributed by atoms with Gasteiger partial charge in [0.2, 0.25) is 16.0 Å². The van der Waals surface area contributed by atoms with Gasteiger partial charge >= 0.3 is 0 Å². The number of amides is 1. The number of carbonyl (C=O) groups is 1. The highest BCUT2D eigenvalue weighted by atomic mass is 32.1. The van der Waals surface area contributed by atoms with E-state index >= 15 is 0 Å². The number of benzene rings is 2. The number of nitrogens with zero attached hydrogens (tertiary/aromatic N) is 4. The Morgan fingerprint density at radius 2 is 2.03 bits per heavy atom. The number of nitrogens with one attached hydrogen (secondary N) is 1. The fraction of sp³-hybridized carbons (Fsp3) is 0.261. The number of ether oxygens (including phenoxy) is 1. The molecule has 1 amide bonds. The number of hydrogen-bond donors (Lipinski definition) is 1. The number of halogens is 1. The quantitative estimate of drug-likeness (QED) is 0.485. The molecule has 0 radical (unpaired) electrons. The van der Waals surface area contributed by atoms with Crippen LogP contribution in [0.15, 0.2) is 54.7 Å². The van der Waals surface area contributed by atoms with Crippen molar-refractivity contribution in [3.05, 3.63) is 60.5 Å². The molecule has 0 aliphatic carbocycles. The highest BCUT2D eigenvalue weighted by Crippen LogP contribution is 2.30. The normalized spacial score (nSPS) is 16.3. The first-order chi connectivity index (χ1) is 15.6. The number of piperidine rings is 1. The Morgan fingerprint density at radius 1 is 1.22 bits per heavy atom. The van der Waals surface area contributed by atoms with Crippen molar-refractivity contribution in [1.82, 2.24) is 14.6 Å². The number of anilines is 2. The molecule has 7 nitrogen and oxygen atoms in total. The van der Waals surface area contributed by atoms with Crippen LogP contribution < -0.4 is 15.0 Å². The molecule has 1 aliphatic rings. The predicted octanol–water partition coefficient (Wildman–Crippen LogP) is 4.46. The Kier molecular flexibility index (Phi) is 5.48. The molecule has 164 valence electrons. The van der Waals surface area contributed by atoms with Crippen LogP contribution in [0, 0.1) is 11.7 Å². The van der Waals surface area contributed by atoms with E-state index in [0.717, 1.165) is 46.5 Å². The van der Waals surface area contributed by atoms with Crippen molar-refractivity contribution in [1.29, 1.82) is 0 Å². The molecule has 0 saturated carbocycles. The van der Waals surface area contributed by atoms with Crippen LogP contribution in [0.4, 0.5) is 15.2 Å². The number of aromatic nitrogens is 3. The van der Waals surface area contributed by atoms with Crippen LogP contribution in [-0.2, 0) is 4.79 Å². The van der Waals surface area contributed by atoms with Crippen LogP contribution in [0.3, 0.4) is 0 Å². The lowest BCUT2D eigenvalue weighted by Crippen LogP contribution is -2.40. The highest BCUT2D eigenvalue weighted by molar-refractivity contribution is 7.20. The first-order valence-corrected chi connectivity index (χ1v) is 11.2. The van der Waals surface area contributed by atoms with Gasteiger partial charge in [-0.05, 0) is 49.2 Å². The average Bonchev–Trinajstić information content (AvgIpc) is 3.40. The van der Waals surface area contributed by atoms with Gasteiger partial charge < -0.3 is 15.0 Å². The standard InChI is InChI=1S/C23H22FN5O2S/c1-31-17-10-8-15(9-11-17)20-14-29-22(26-20)32-23(27-29)28-12-4-5-16(13-28)21(30)25-19-7-3-2-6-18(19)24/h2-3,6-11,14,16H,4-5,12-13H2,1H3,(H,25,30)/t16-/m1/s1. The van der Waals surface area contributed by atoms with E-state index in [1.165, 1.54) is 17.4 Å². The van der Waals surface area contributed by atoms with E-state index in [1.54, 1.807) is 29.8 Å². The van der Waals surface area contributed by atoms with Crippen molar-refractivity contribution in [2.24, 2.45) is 5.92 Å². The van der Waals surface area contributed by atoms with Crippen molar-refractivity contribution in [3.63, 3.8) is 0 Å². The topological polar surface area (TPSA) is 71.8 Å². The summed E-state index contributed by atoms with van der Waals surface area (Å²) in [6.07, 6.45) is 3.54. The lowest BCUT2D eigenvalue weighted by atomic mass is 9.97. The highest BCUT2D eigenvalue weighted by Gasteiger charge is 2.28. The molecular formula is C23H22FN5O2S. The molecule has 5 rings (SSSR count). The molecule has 32 heavy (non-hydrogen) atoms. The van der Waals surface area contributed by atoms with E-state index in [-0.39, 0.29) is 17.5 Å². The van der Waals surface area contributed by atoms with E-state index in [0.29, 0.717) is 6.54 Å². The number of fused-ring (bicyclic) bond motifs is 1. The third-order valence-corrected chi connectivity index (χ3v) is 6.60. The summed E-state index contributed by atoms with van der Waals surface area (Å²) in [5.41, 5.74) is 2.06.